The molecule has 2 heterocycles. The Morgan fingerprint density at radius 3 is 2.90 bits per heavy atom. The summed E-state index contributed by atoms with van der Waals surface area (Å²) in [5, 5.41) is 1.63. The van der Waals surface area contributed by atoms with Crippen molar-refractivity contribution in [3.05, 3.63) is 54.7 Å². The van der Waals surface area contributed by atoms with E-state index in [1.165, 1.54) is 11.3 Å². The Hall–Kier alpha value is -2.66. The van der Waals surface area contributed by atoms with E-state index < -0.39 is 0 Å². The number of fused-ring (bicyclic) bond motifs is 2. The van der Waals surface area contributed by atoms with Gasteiger partial charge in [0, 0.05) is 17.3 Å². The summed E-state index contributed by atoms with van der Waals surface area (Å²) in [5.41, 5.74) is 8.23. The van der Waals surface area contributed by atoms with E-state index in [-0.39, 0.29) is 0 Å². The fourth-order valence-corrected chi connectivity index (χ4v) is 3.09. The fraction of sp³-hybridized carbons (Fsp3) is 0. The maximum atomic E-state index is 5.92. The van der Waals surface area contributed by atoms with Gasteiger partial charge in [0.2, 0.25) is 0 Å². The van der Waals surface area contributed by atoms with Crippen molar-refractivity contribution in [2.24, 2.45) is 0 Å². The van der Waals surface area contributed by atoms with Gasteiger partial charge in [-0.2, -0.15) is 0 Å². The lowest BCUT2D eigenvalue weighted by molar-refractivity contribution is 0.484. The van der Waals surface area contributed by atoms with Crippen molar-refractivity contribution in [3.63, 3.8) is 0 Å². The highest BCUT2D eigenvalue weighted by Crippen LogP contribution is 2.34. The summed E-state index contributed by atoms with van der Waals surface area (Å²) in [6.45, 7) is 0. The van der Waals surface area contributed by atoms with Gasteiger partial charge in [-0.1, -0.05) is 29.5 Å². The van der Waals surface area contributed by atoms with Crippen LogP contribution in [0, 0.1) is 0 Å². The number of hydrogen-bond acceptors (Lipinski definition) is 5. The quantitative estimate of drug-likeness (QED) is 0.562. The van der Waals surface area contributed by atoms with Gasteiger partial charge >= 0.3 is 0 Å². The zero-order chi connectivity index (χ0) is 14.2. The summed E-state index contributed by atoms with van der Waals surface area (Å²) in [5.74, 6) is 0.708. The molecule has 0 amide bonds. The average Bonchev–Trinajstić information content (AvgIpc) is 2.89. The van der Waals surface area contributed by atoms with Gasteiger partial charge in [-0.25, -0.2) is 4.98 Å². The highest BCUT2D eigenvalue weighted by atomic mass is 32.1. The molecule has 21 heavy (non-hydrogen) atoms. The minimum atomic E-state index is 0.591. The molecule has 0 spiro atoms. The Bertz CT molecular complexity index is 943. The number of pyridine rings is 1. The van der Waals surface area contributed by atoms with Crippen LogP contribution in [0.2, 0.25) is 0 Å². The van der Waals surface area contributed by atoms with Gasteiger partial charge in [0.25, 0.3) is 5.19 Å². The van der Waals surface area contributed by atoms with Crippen LogP contribution in [0.5, 0.6) is 10.9 Å². The summed E-state index contributed by atoms with van der Waals surface area (Å²) >= 11 is 1.47. The summed E-state index contributed by atoms with van der Waals surface area (Å²) in [4.78, 5) is 8.85. The molecule has 0 aliphatic carbocycles. The molecule has 2 aromatic heterocycles. The molecule has 5 heteroatoms. The van der Waals surface area contributed by atoms with E-state index in [0.717, 1.165) is 26.8 Å². The molecule has 0 radical (unpaired) electrons. The maximum Gasteiger partial charge on any atom is 0.279 e. The van der Waals surface area contributed by atoms with E-state index in [1.807, 2.05) is 48.5 Å². The number of hydrogen-bond donors (Lipinski definition) is 1. The zero-order valence-electron chi connectivity index (χ0n) is 11.0. The van der Waals surface area contributed by atoms with Crippen LogP contribution >= 0.6 is 11.3 Å². The first kappa shape index (κ1) is 12.1. The molecule has 0 saturated heterocycles. The molecule has 0 saturated carbocycles. The van der Waals surface area contributed by atoms with Gasteiger partial charge in [0.05, 0.1) is 10.2 Å². The molecule has 102 valence electrons. The van der Waals surface area contributed by atoms with Gasteiger partial charge in [0.1, 0.15) is 5.52 Å². The molecule has 2 aromatic carbocycles. The number of benzene rings is 2. The lowest BCUT2D eigenvalue weighted by atomic mass is 10.2. The van der Waals surface area contributed by atoms with Gasteiger partial charge in [0.15, 0.2) is 5.75 Å². The van der Waals surface area contributed by atoms with Crippen LogP contribution in [0.25, 0.3) is 21.1 Å². The van der Waals surface area contributed by atoms with Crippen molar-refractivity contribution in [3.8, 4) is 10.9 Å². The molecule has 0 bridgehead atoms. The Labute approximate surface area is 124 Å². The van der Waals surface area contributed by atoms with Gasteiger partial charge in [-0.3, -0.25) is 4.98 Å². The first-order valence-electron chi connectivity index (χ1n) is 6.47. The minimum absolute atomic E-state index is 0.591. The molecule has 4 rings (SSSR count). The predicted molar refractivity (Wildman–Crippen MR) is 85.8 cm³/mol. The molecule has 4 aromatic rings. The molecular weight excluding hydrogens is 282 g/mol. The number of thiazole rings is 1. The van der Waals surface area contributed by atoms with Crippen molar-refractivity contribution >= 4 is 38.1 Å². The topological polar surface area (TPSA) is 61.0 Å². The van der Waals surface area contributed by atoms with Crippen LogP contribution in [0.3, 0.4) is 0 Å². The number of rotatable bonds is 2. The summed E-state index contributed by atoms with van der Waals surface area (Å²) < 4.78 is 6.93. The van der Waals surface area contributed by atoms with Crippen LogP contribution < -0.4 is 10.5 Å². The highest BCUT2D eigenvalue weighted by Gasteiger charge is 2.09. The summed E-state index contributed by atoms with van der Waals surface area (Å²) in [6, 6.07) is 15.4. The number of ether oxygens (including phenoxy) is 1. The van der Waals surface area contributed by atoms with Crippen molar-refractivity contribution in [2.75, 3.05) is 5.73 Å². The third kappa shape index (κ3) is 2.17. The number of nitrogens with zero attached hydrogens (tertiary/aromatic N) is 2. The monoisotopic (exact) mass is 293 g/mol. The summed E-state index contributed by atoms with van der Waals surface area (Å²) in [6.07, 6.45) is 1.76. The predicted octanol–water partition coefficient (Wildman–Crippen LogP) is 4.22. The van der Waals surface area contributed by atoms with E-state index in [2.05, 4.69) is 9.97 Å². The molecule has 0 aliphatic heterocycles. The smallest absolute Gasteiger partial charge is 0.279 e. The first-order valence-corrected chi connectivity index (χ1v) is 7.29. The van der Waals surface area contributed by atoms with E-state index in [0.29, 0.717) is 10.9 Å². The average molecular weight is 293 g/mol. The van der Waals surface area contributed by atoms with Crippen LogP contribution in [-0.4, -0.2) is 9.97 Å². The van der Waals surface area contributed by atoms with Crippen LogP contribution in [0.15, 0.2) is 54.7 Å². The van der Waals surface area contributed by atoms with Gasteiger partial charge in [-0.15, -0.1) is 0 Å². The normalized spacial score (nSPS) is 11.0. The number of nitrogen functional groups attached to an aromatic ring is 1. The Kier molecular flexibility index (Phi) is 2.72. The van der Waals surface area contributed by atoms with E-state index in [1.54, 1.807) is 6.20 Å². The third-order valence-corrected chi connectivity index (χ3v) is 4.08. The van der Waals surface area contributed by atoms with E-state index in [9.17, 15) is 0 Å². The van der Waals surface area contributed by atoms with Crippen molar-refractivity contribution in [1.82, 2.24) is 9.97 Å². The lowest BCUT2D eigenvalue weighted by Crippen LogP contribution is -1.86. The van der Waals surface area contributed by atoms with Crippen molar-refractivity contribution in [1.29, 1.82) is 0 Å². The SMILES string of the molecule is Nc1ccc2nc(Oc3cccc4cccnc34)sc2c1. The molecule has 2 N–H and O–H groups in total. The number of para-hydroxylation sites is 1. The number of anilines is 1. The van der Waals surface area contributed by atoms with Crippen LogP contribution in [-0.2, 0) is 0 Å². The van der Waals surface area contributed by atoms with Crippen LogP contribution in [0.1, 0.15) is 0 Å². The largest absolute Gasteiger partial charge is 0.429 e. The molecule has 0 aliphatic rings. The van der Waals surface area contributed by atoms with Gasteiger partial charge < -0.3 is 10.5 Å². The second-order valence-electron chi connectivity index (χ2n) is 4.64. The van der Waals surface area contributed by atoms with E-state index in [4.69, 9.17) is 10.5 Å². The van der Waals surface area contributed by atoms with Gasteiger partial charge in [-0.05, 0) is 30.3 Å². The second kappa shape index (κ2) is 4.71. The van der Waals surface area contributed by atoms with Crippen molar-refractivity contribution < 1.29 is 4.74 Å². The first-order chi connectivity index (χ1) is 10.3. The molecular formula is C16H11N3OS. The second-order valence-corrected chi connectivity index (χ2v) is 5.63. The molecule has 4 nitrogen and oxygen atoms in total. The third-order valence-electron chi connectivity index (χ3n) is 3.19. The number of aromatic nitrogens is 2. The molecule has 0 fully saturated rings. The van der Waals surface area contributed by atoms with Crippen LogP contribution in [0.4, 0.5) is 5.69 Å². The number of nitrogens with two attached hydrogens (primary N) is 1. The highest BCUT2D eigenvalue weighted by molar-refractivity contribution is 7.20. The Morgan fingerprint density at radius 2 is 1.95 bits per heavy atom. The standard InChI is InChI=1S/C16H11N3OS/c17-11-6-7-12-14(9-11)21-16(19-12)20-13-5-1-3-10-4-2-8-18-15(10)13/h1-9H,17H2. The maximum absolute atomic E-state index is 5.92. The summed E-state index contributed by atoms with van der Waals surface area (Å²) in [7, 11) is 0. The molecule has 0 atom stereocenters. The van der Waals surface area contributed by atoms with Crippen molar-refractivity contribution in [2.45, 2.75) is 0 Å². The Balaban J connectivity index is 1.79. The lowest BCUT2D eigenvalue weighted by Gasteiger charge is -2.04. The fourth-order valence-electron chi connectivity index (χ4n) is 2.22. The van der Waals surface area contributed by atoms with E-state index >= 15 is 0 Å². The minimum Gasteiger partial charge on any atom is -0.429 e. The zero-order valence-corrected chi connectivity index (χ0v) is 11.8. The Morgan fingerprint density at radius 1 is 1.05 bits per heavy atom. The molecule has 0 unspecified atom stereocenters.